The number of nitrogens with one attached hydrogen (secondary N) is 1. The topological polar surface area (TPSA) is 90.9 Å². The minimum Gasteiger partial charge on any atom is -0.518 e. The average molecular weight is 626 g/mol. The second-order valence-electron chi connectivity index (χ2n) is 15.0. The maximum absolute atomic E-state index is 13.8. The highest BCUT2D eigenvalue weighted by Gasteiger charge is 2.50. The molecule has 1 aliphatic heterocycles. The van der Waals surface area contributed by atoms with Crippen molar-refractivity contribution < 1.29 is 28.0 Å². The molecule has 0 aliphatic carbocycles. The van der Waals surface area contributed by atoms with Gasteiger partial charge in [0.15, 0.2) is 14.1 Å². The van der Waals surface area contributed by atoms with Gasteiger partial charge < -0.3 is 18.9 Å². The van der Waals surface area contributed by atoms with Crippen LogP contribution in [0.4, 0.5) is 0 Å². The van der Waals surface area contributed by atoms with Crippen LogP contribution in [0.3, 0.4) is 0 Å². The molecule has 1 amide bonds. The molecular formula is C33H63NO6Si2. The first kappa shape index (κ1) is 38.7. The lowest BCUT2D eigenvalue weighted by molar-refractivity contribution is -0.144. The van der Waals surface area contributed by atoms with Crippen molar-refractivity contribution in [1.29, 1.82) is 0 Å². The second-order valence-corrected chi connectivity index (χ2v) is 25.1. The Labute approximate surface area is 259 Å². The smallest absolute Gasteiger partial charge is 0.298 e. The fourth-order valence-corrected chi connectivity index (χ4v) is 12.7. The first-order valence-corrected chi connectivity index (χ1v) is 21.2. The molecule has 1 fully saturated rings. The molecule has 0 aromatic rings. The van der Waals surface area contributed by atoms with Gasteiger partial charge in [0, 0.05) is 13.0 Å². The molecular weight excluding hydrogens is 563 g/mol. The highest BCUT2D eigenvalue weighted by atomic mass is 28.4. The van der Waals surface area contributed by atoms with E-state index in [9.17, 15) is 14.4 Å². The van der Waals surface area contributed by atoms with E-state index < -0.39 is 28.7 Å². The quantitative estimate of drug-likeness (QED) is 0.147. The molecule has 0 aromatic heterocycles. The van der Waals surface area contributed by atoms with Crippen LogP contribution in [0.25, 0.3) is 0 Å². The molecule has 9 heteroatoms. The lowest BCUT2D eigenvalue weighted by Crippen LogP contribution is -2.54. The van der Waals surface area contributed by atoms with E-state index in [1.54, 1.807) is 12.2 Å². The van der Waals surface area contributed by atoms with Crippen LogP contribution in [-0.2, 0) is 28.0 Å². The predicted molar refractivity (Wildman–Crippen MR) is 177 cm³/mol. The Kier molecular flexibility index (Phi) is 14.9. The number of carbonyl (C=O) groups excluding carboxylic acids is 3. The summed E-state index contributed by atoms with van der Waals surface area (Å²) in [6, 6.07) is 0. The summed E-state index contributed by atoms with van der Waals surface area (Å²) < 4.78 is 19.5. The summed E-state index contributed by atoms with van der Waals surface area (Å²) in [5.41, 5.74) is 0.841. The van der Waals surface area contributed by atoms with E-state index in [-0.39, 0.29) is 70.4 Å². The molecule has 1 aliphatic rings. The minimum atomic E-state index is -2.43. The van der Waals surface area contributed by atoms with E-state index in [1.165, 1.54) is 0 Å². The normalized spacial score (nSPS) is 22.1. The molecule has 1 heterocycles. The Hall–Kier alpha value is -1.30. The zero-order valence-corrected chi connectivity index (χ0v) is 31.3. The van der Waals surface area contributed by atoms with E-state index >= 15 is 0 Å². The zero-order valence-electron chi connectivity index (χ0n) is 29.3. The van der Waals surface area contributed by atoms with Gasteiger partial charge in [0.05, 0.1) is 30.7 Å². The summed E-state index contributed by atoms with van der Waals surface area (Å²) in [5, 5.41) is 3.01. The molecule has 7 nitrogen and oxygen atoms in total. The zero-order chi connectivity index (χ0) is 32.6. The molecule has 0 radical (unpaired) electrons. The molecule has 0 bridgehead atoms. The summed E-state index contributed by atoms with van der Waals surface area (Å²) in [5.74, 6) is -0.626. The van der Waals surface area contributed by atoms with Gasteiger partial charge in [-0.15, -0.1) is 0 Å². The van der Waals surface area contributed by atoms with E-state index in [1.807, 2.05) is 13.8 Å². The Morgan fingerprint density at radius 2 is 1.50 bits per heavy atom. The van der Waals surface area contributed by atoms with Crippen molar-refractivity contribution in [3.63, 3.8) is 0 Å². The summed E-state index contributed by atoms with van der Waals surface area (Å²) in [6.45, 7) is 29.9. The van der Waals surface area contributed by atoms with Crippen LogP contribution in [0, 0.1) is 11.8 Å². The van der Waals surface area contributed by atoms with Crippen LogP contribution >= 0.6 is 0 Å². The fraction of sp³-hybridized carbons (Fsp3) is 0.848. The van der Waals surface area contributed by atoms with Crippen LogP contribution in [0.5, 0.6) is 0 Å². The Bertz CT molecular complexity index is 902. The highest BCUT2D eigenvalue weighted by Crippen LogP contribution is 2.43. The number of rotatable bonds is 15. The van der Waals surface area contributed by atoms with Gasteiger partial charge in [0.1, 0.15) is 0 Å². The first-order valence-electron chi connectivity index (χ1n) is 16.2. The summed E-state index contributed by atoms with van der Waals surface area (Å²) >= 11 is 0. The third kappa shape index (κ3) is 10.4. The Morgan fingerprint density at radius 1 is 0.952 bits per heavy atom. The van der Waals surface area contributed by atoms with E-state index in [4.69, 9.17) is 13.6 Å². The maximum Gasteiger partial charge on any atom is 0.298 e. The first-order chi connectivity index (χ1) is 19.2. The van der Waals surface area contributed by atoms with Gasteiger partial charge in [-0.3, -0.25) is 14.4 Å². The second kappa shape index (κ2) is 16.1. The van der Waals surface area contributed by atoms with E-state index in [0.29, 0.717) is 6.42 Å². The van der Waals surface area contributed by atoms with Crippen molar-refractivity contribution in [2.24, 2.45) is 11.8 Å². The van der Waals surface area contributed by atoms with Crippen LogP contribution < -0.4 is 5.32 Å². The van der Waals surface area contributed by atoms with Crippen molar-refractivity contribution in [1.82, 2.24) is 5.32 Å². The molecule has 0 aromatic carbocycles. The number of amides is 1. The van der Waals surface area contributed by atoms with E-state index in [2.05, 4.69) is 87.6 Å². The SMILES string of the molecule is C/C=C/C(=O)C[C@@H]1CC[C@H](C)[C@H](CC(=O)NC[C@@H](O[Si](C)(C)C(C)(C)C)[C@H](C)C(=O)O[Si](C(C)C)(C(C)C)C(C)C)O1. The molecule has 5 atom stereocenters. The Balaban J connectivity index is 3.09. The van der Waals surface area contributed by atoms with Crippen molar-refractivity contribution in [2.75, 3.05) is 6.54 Å². The maximum atomic E-state index is 13.8. The molecule has 0 spiro atoms. The van der Waals surface area contributed by atoms with Crippen LogP contribution in [-0.4, -0.2) is 59.2 Å². The average Bonchev–Trinajstić information content (AvgIpc) is 2.85. The number of allylic oxidation sites excluding steroid dienone is 2. The van der Waals surface area contributed by atoms with Crippen molar-refractivity contribution in [3.8, 4) is 0 Å². The van der Waals surface area contributed by atoms with Gasteiger partial charge in [-0.2, -0.15) is 0 Å². The lowest BCUT2D eigenvalue weighted by atomic mass is 9.90. The van der Waals surface area contributed by atoms with Gasteiger partial charge >= 0.3 is 0 Å². The summed E-state index contributed by atoms with van der Waals surface area (Å²) in [6.07, 6.45) is 4.69. The monoisotopic (exact) mass is 625 g/mol. The van der Waals surface area contributed by atoms with Crippen LogP contribution in [0.2, 0.25) is 34.8 Å². The highest BCUT2D eigenvalue weighted by molar-refractivity contribution is 6.79. The third-order valence-electron chi connectivity index (χ3n) is 9.78. The van der Waals surface area contributed by atoms with Gasteiger partial charge in [-0.05, 0) is 73.4 Å². The van der Waals surface area contributed by atoms with Gasteiger partial charge in [0.25, 0.3) is 14.3 Å². The molecule has 0 unspecified atom stereocenters. The van der Waals surface area contributed by atoms with E-state index in [0.717, 1.165) is 12.8 Å². The molecule has 1 rings (SSSR count). The number of ketones is 1. The number of ether oxygens (including phenoxy) is 1. The standard InChI is InChI=1S/C33H63NO6Si2/c1-15-16-27(35)19-28-18-17-25(8)29(38-28)20-31(36)34-21-30(39-41(13,14)33(10,11)12)26(9)32(37)40-42(22(2)3,23(4)5)24(6)7/h15-16,22-26,28-30H,17-21H2,1-14H3,(H,34,36)/b16-15+/t25-,26-,28-,29-,30+/m0/s1. The lowest BCUT2D eigenvalue weighted by Gasteiger charge is -2.44. The third-order valence-corrected chi connectivity index (χ3v) is 20.3. The predicted octanol–water partition coefficient (Wildman–Crippen LogP) is 7.96. The number of hydrogen-bond acceptors (Lipinski definition) is 6. The molecule has 1 saturated heterocycles. The number of carbonyl (C=O) groups is 3. The summed E-state index contributed by atoms with van der Waals surface area (Å²) in [4.78, 5) is 39.1. The van der Waals surface area contributed by atoms with Crippen molar-refractivity contribution >= 4 is 34.3 Å². The van der Waals surface area contributed by atoms with Gasteiger partial charge in [-0.1, -0.05) is 75.3 Å². The van der Waals surface area contributed by atoms with Crippen LogP contribution in [0.1, 0.15) is 109 Å². The molecule has 42 heavy (non-hydrogen) atoms. The van der Waals surface area contributed by atoms with Gasteiger partial charge in [0.2, 0.25) is 5.91 Å². The molecule has 1 N–H and O–H groups in total. The minimum absolute atomic E-state index is 0.0474. The fourth-order valence-electron chi connectivity index (χ4n) is 6.08. The van der Waals surface area contributed by atoms with Crippen molar-refractivity contribution in [2.45, 2.75) is 162 Å². The summed E-state index contributed by atoms with van der Waals surface area (Å²) in [7, 11) is -4.69. The van der Waals surface area contributed by atoms with Crippen molar-refractivity contribution in [3.05, 3.63) is 12.2 Å². The van der Waals surface area contributed by atoms with Gasteiger partial charge in [-0.25, -0.2) is 0 Å². The number of hydrogen-bond donors (Lipinski definition) is 1. The molecule has 244 valence electrons. The largest absolute Gasteiger partial charge is 0.518 e. The molecule has 0 saturated carbocycles. The van der Waals surface area contributed by atoms with Crippen LogP contribution in [0.15, 0.2) is 12.2 Å². The Morgan fingerprint density at radius 3 is 1.98 bits per heavy atom.